The number of nitrogens with zero attached hydrogens (tertiary/aromatic N) is 1. The fourth-order valence-corrected chi connectivity index (χ4v) is 3.81. The van der Waals surface area contributed by atoms with Gasteiger partial charge in [0.15, 0.2) is 5.96 Å². The van der Waals surface area contributed by atoms with Crippen LogP contribution in [0, 0.1) is 0 Å². The zero-order valence-electron chi connectivity index (χ0n) is 25.3. The van der Waals surface area contributed by atoms with Gasteiger partial charge in [-0.1, -0.05) is 30.3 Å². The van der Waals surface area contributed by atoms with Crippen molar-refractivity contribution < 1.29 is 56.9 Å². The molecule has 1 aliphatic rings. The van der Waals surface area contributed by atoms with Crippen LogP contribution in [0.2, 0.25) is 0 Å². The molecule has 47 heavy (non-hydrogen) atoms. The number of carboxylic acids is 2. The summed E-state index contributed by atoms with van der Waals surface area (Å²) in [6, 6.07) is 4.82. The maximum atomic E-state index is 13.3. The molecule has 1 fully saturated rings. The maximum absolute atomic E-state index is 13.3. The van der Waals surface area contributed by atoms with E-state index in [1.54, 1.807) is 30.3 Å². The molecule has 1 aliphatic heterocycles. The highest BCUT2D eigenvalue weighted by Crippen LogP contribution is 2.13. The summed E-state index contributed by atoms with van der Waals surface area (Å²) in [4.78, 5) is 89.1. The Labute approximate surface area is 266 Å². The normalized spacial score (nSPS) is 20.6. The largest absolute Gasteiger partial charge is 0.490 e. The smallest absolute Gasteiger partial charge is 0.481 e. The van der Waals surface area contributed by atoms with E-state index >= 15 is 0 Å². The molecule has 0 aromatic heterocycles. The predicted octanol–water partition coefficient (Wildman–Crippen LogP) is -2.13. The molecule has 0 radical (unpaired) electrons. The first kappa shape index (κ1) is 39.6. The third kappa shape index (κ3) is 14.9. The molecule has 0 spiro atoms. The van der Waals surface area contributed by atoms with E-state index in [9.17, 15) is 47.0 Å². The van der Waals surface area contributed by atoms with Crippen LogP contribution >= 0.6 is 0 Å². The summed E-state index contributed by atoms with van der Waals surface area (Å²) in [7, 11) is 0. The van der Waals surface area contributed by atoms with E-state index in [0.29, 0.717) is 12.0 Å². The van der Waals surface area contributed by atoms with E-state index in [4.69, 9.17) is 21.4 Å². The lowest BCUT2D eigenvalue weighted by Crippen LogP contribution is -2.62. The number of carbonyl (C=O) groups excluding carboxylic acids is 5. The van der Waals surface area contributed by atoms with Gasteiger partial charge in [0.2, 0.25) is 29.5 Å². The number of nitrogens with two attached hydrogens (primary N) is 2. The molecular weight excluding hydrogens is 637 g/mol. The molecule has 0 saturated carbocycles. The topological polar surface area (TPSA) is 285 Å². The van der Waals surface area contributed by atoms with Gasteiger partial charge in [-0.3, -0.25) is 33.8 Å². The second-order valence-corrected chi connectivity index (χ2v) is 10.6. The van der Waals surface area contributed by atoms with Crippen LogP contribution in [0.3, 0.4) is 0 Å². The van der Waals surface area contributed by atoms with E-state index in [0.717, 1.165) is 0 Å². The summed E-state index contributed by atoms with van der Waals surface area (Å²) in [6.07, 6.45) is -5.45. The number of halogens is 3. The van der Waals surface area contributed by atoms with Gasteiger partial charge in [-0.2, -0.15) is 13.2 Å². The van der Waals surface area contributed by atoms with Crippen LogP contribution in [-0.4, -0.2) is 101 Å². The molecule has 1 saturated heterocycles. The van der Waals surface area contributed by atoms with Crippen LogP contribution in [0.4, 0.5) is 13.2 Å². The third-order valence-corrected chi connectivity index (χ3v) is 6.18. The van der Waals surface area contributed by atoms with Gasteiger partial charge in [0.1, 0.15) is 23.7 Å². The second-order valence-electron chi connectivity index (χ2n) is 10.6. The number of benzene rings is 1. The third-order valence-electron chi connectivity index (χ3n) is 6.18. The Morgan fingerprint density at radius 3 is 2.04 bits per heavy atom. The highest BCUT2D eigenvalue weighted by atomic mass is 19.4. The Morgan fingerprint density at radius 1 is 0.915 bits per heavy atom. The number of hydrogen-bond acceptors (Lipinski definition) is 8. The Morgan fingerprint density at radius 2 is 1.51 bits per heavy atom. The van der Waals surface area contributed by atoms with Crippen LogP contribution in [0.25, 0.3) is 0 Å². The Kier molecular flexibility index (Phi) is 15.1. The molecular formula is C27H37F3N8O9. The van der Waals surface area contributed by atoms with Crippen molar-refractivity contribution in [1.29, 1.82) is 0 Å². The fraction of sp³-hybridized carbons (Fsp3) is 0.481. The Balaban J connectivity index is 0.00000141. The van der Waals surface area contributed by atoms with Gasteiger partial charge in [-0.15, -0.1) is 0 Å². The molecule has 1 aromatic rings. The first-order valence-electron chi connectivity index (χ1n) is 13.8. The maximum Gasteiger partial charge on any atom is 0.490 e. The standard InChI is InChI=1S/C25H36N8O7.C2HF3O2/c1-25(2)23(40)32-15(9-6-10-28-24(26)27)20(37)29-13-18(34)30-17(12-19(35)36)21(38)31-16(22(39)33-25)11-14-7-4-3-5-8-14;3-2(4,5)1(6)7/h3-5,7-8,15-17H,6,9-13H2,1-2H3,(H,29,37)(H,30,34)(H,31,38)(H,32,40)(H,33,39)(H,35,36)(H4,26,27,28);(H,6,7)/t15-,16+,17-;/m0./s1. The first-order valence-corrected chi connectivity index (χ1v) is 13.8. The van der Waals surface area contributed by atoms with Crippen molar-refractivity contribution in [2.75, 3.05) is 13.1 Å². The van der Waals surface area contributed by atoms with Crippen molar-refractivity contribution in [2.24, 2.45) is 16.5 Å². The summed E-state index contributed by atoms with van der Waals surface area (Å²) in [5, 5.41) is 28.7. The number of carbonyl (C=O) groups is 7. The highest BCUT2D eigenvalue weighted by Gasteiger charge is 2.38. The fourth-order valence-electron chi connectivity index (χ4n) is 3.81. The van der Waals surface area contributed by atoms with Crippen molar-refractivity contribution in [2.45, 2.75) is 69.4 Å². The minimum absolute atomic E-state index is 0.0112. The van der Waals surface area contributed by atoms with Crippen molar-refractivity contribution >= 4 is 47.4 Å². The van der Waals surface area contributed by atoms with Crippen molar-refractivity contribution in [3.8, 4) is 0 Å². The van der Waals surface area contributed by atoms with Crippen LogP contribution in [-0.2, 0) is 40.0 Å². The summed E-state index contributed by atoms with van der Waals surface area (Å²) in [6.45, 7) is 2.42. The molecule has 1 heterocycles. The number of hydrogen-bond donors (Lipinski definition) is 9. The summed E-state index contributed by atoms with van der Waals surface area (Å²) in [5.41, 5.74) is 9.78. The minimum atomic E-state index is -5.08. The number of amides is 5. The molecule has 1 aromatic carbocycles. The number of aliphatic carboxylic acids is 2. The Hall–Kier alpha value is -5.43. The summed E-state index contributed by atoms with van der Waals surface area (Å²) in [5.74, 6) is -8.19. The van der Waals surface area contributed by atoms with Crippen LogP contribution < -0.4 is 38.1 Å². The second kappa shape index (κ2) is 17.9. The van der Waals surface area contributed by atoms with Gasteiger partial charge in [-0.05, 0) is 32.3 Å². The Bertz CT molecular complexity index is 1340. The van der Waals surface area contributed by atoms with E-state index in [1.165, 1.54) is 13.8 Å². The average molecular weight is 675 g/mol. The molecule has 260 valence electrons. The number of guanidine groups is 1. The average Bonchev–Trinajstić information content (AvgIpc) is 2.96. The molecule has 0 aliphatic carbocycles. The summed E-state index contributed by atoms with van der Waals surface area (Å²) >= 11 is 0. The molecule has 0 unspecified atom stereocenters. The van der Waals surface area contributed by atoms with E-state index in [1.807, 2.05) is 0 Å². The zero-order chi connectivity index (χ0) is 35.9. The lowest BCUT2D eigenvalue weighted by molar-refractivity contribution is -0.192. The van der Waals surface area contributed by atoms with E-state index in [2.05, 4.69) is 31.6 Å². The first-order chi connectivity index (χ1) is 21.7. The van der Waals surface area contributed by atoms with Gasteiger partial charge in [0.05, 0.1) is 13.0 Å². The molecule has 11 N–H and O–H groups in total. The SMILES string of the molecule is CC1(C)NC(=O)[C@@H](Cc2ccccc2)NC(=O)[C@H](CC(=O)O)NC(=O)CNC(=O)[C@H](CCCN=C(N)N)NC1=O.O=C(O)C(F)(F)F. The number of aliphatic imine (C=N–C) groups is 1. The number of rotatable bonds is 8. The van der Waals surface area contributed by atoms with Gasteiger partial charge in [0.25, 0.3) is 0 Å². The van der Waals surface area contributed by atoms with Crippen LogP contribution in [0.15, 0.2) is 35.3 Å². The van der Waals surface area contributed by atoms with Gasteiger partial charge >= 0.3 is 18.1 Å². The zero-order valence-corrected chi connectivity index (χ0v) is 25.3. The van der Waals surface area contributed by atoms with E-state index < -0.39 is 84.3 Å². The lowest BCUT2D eigenvalue weighted by Gasteiger charge is -2.30. The molecule has 2 rings (SSSR count). The summed E-state index contributed by atoms with van der Waals surface area (Å²) < 4.78 is 31.7. The highest BCUT2D eigenvalue weighted by molar-refractivity contribution is 5.99. The van der Waals surface area contributed by atoms with Crippen LogP contribution in [0.5, 0.6) is 0 Å². The van der Waals surface area contributed by atoms with E-state index in [-0.39, 0.29) is 25.3 Å². The van der Waals surface area contributed by atoms with Gasteiger partial charge in [0, 0.05) is 13.0 Å². The van der Waals surface area contributed by atoms with Crippen molar-refractivity contribution in [1.82, 2.24) is 26.6 Å². The van der Waals surface area contributed by atoms with Crippen molar-refractivity contribution in [3.05, 3.63) is 35.9 Å². The molecule has 17 nitrogen and oxygen atoms in total. The molecule has 20 heteroatoms. The monoisotopic (exact) mass is 674 g/mol. The van der Waals surface area contributed by atoms with Crippen LogP contribution in [0.1, 0.15) is 38.7 Å². The van der Waals surface area contributed by atoms with Gasteiger partial charge in [-0.25, -0.2) is 4.79 Å². The van der Waals surface area contributed by atoms with Gasteiger partial charge < -0.3 is 48.3 Å². The molecule has 0 bridgehead atoms. The number of alkyl halides is 3. The van der Waals surface area contributed by atoms with Crippen molar-refractivity contribution in [3.63, 3.8) is 0 Å². The molecule has 5 amide bonds. The number of nitrogens with one attached hydrogen (secondary N) is 5. The minimum Gasteiger partial charge on any atom is -0.481 e. The number of carboxylic acid groups (broad SMARTS) is 2. The quantitative estimate of drug-likeness (QED) is 0.0815. The lowest BCUT2D eigenvalue weighted by atomic mass is 9.99. The predicted molar refractivity (Wildman–Crippen MR) is 157 cm³/mol. The molecule has 3 atom stereocenters.